The Kier molecular flexibility index (Phi) is 4.17. The summed E-state index contributed by atoms with van der Waals surface area (Å²) in [5, 5.41) is 16.8. The van der Waals surface area contributed by atoms with Gasteiger partial charge in [0.2, 0.25) is 11.4 Å². The van der Waals surface area contributed by atoms with Gasteiger partial charge in [0, 0.05) is 29.1 Å². The highest BCUT2D eigenvalue weighted by Crippen LogP contribution is 2.18. The Morgan fingerprint density at radius 1 is 1.15 bits per heavy atom. The van der Waals surface area contributed by atoms with Crippen molar-refractivity contribution in [3.8, 4) is 11.4 Å². The quantitative estimate of drug-likeness (QED) is 0.510. The maximum absolute atomic E-state index is 13.6. The number of carbonyl (C=O) groups excluding carboxylic acids is 1. The van der Waals surface area contributed by atoms with Crippen LogP contribution in [0, 0.1) is 5.82 Å². The van der Waals surface area contributed by atoms with E-state index in [0.717, 1.165) is 17.2 Å². The molecule has 0 radical (unpaired) electrons. The van der Waals surface area contributed by atoms with Crippen molar-refractivity contribution < 1.29 is 9.18 Å². The normalized spacial score (nSPS) is 10.9. The zero-order valence-electron chi connectivity index (χ0n) is 13.9. The SMILES string of the molecule is O=C(NCc1cccc(-c2nn[nH]n2)c1)c1cc(=O)[nH]c2ccc(F)cc12. The molecule has 4 aromatic rings. The van der Waals surface area contributed by atoms with Gasteiger partial charge in [0.25, 0.3) is 5.91 Å². The number of benzene rings is 2. The van der Waals surface area contributed by atoms with Crippen molar-refractivity contribution in [1.82, 2.24) is 30.9 Å². The zero-order chi connectivity index (χ0) is 18.8. The summed E-state index contributed by atoms with van der Waals surface area (Å²) in [5.41, 5.74) is 1.64. The van der Waals surface area contributed by atoms with E-state index in [1.165, 1.54) is 18.2 Å². The van der Waals surface area contributed by atoms with E-state index >= 15 is 0 Å². The van der Waals surface area contributed by atoms with Crippen LogP contribution in [0.5, 0.6) is 0 Å². The van der Waals surface area contributed by atoms with Crippen LogP contribution in [0.4, 0.5) is 4.39 Å². The smallest absolute Gasteiger partial charge is 0.252 e. The van der Waals surface area contributed by atoms with Crippen molar-refractivity contribution in [1.29, 1.82) is 0 Å². The van der Waals surface area contributed by atoms with E-state index in [9.17, 15) is 14.0 Å². The second-order valence-electron chi connectivity index (χ2n) is 5.86. The number of hydrogen-bond acceptors (Lipinski definition) is 5. The molecule has 0 saturated heterocycles. The minimum Gasteiger partial charge on any atom is -0.348 e. The minimum atomic E-state index is -0.489. The third kappa shape index (κ3) is 3.43. The van der Waals surface area contributed by atoms with Gasteiger partial charge in [-0.3, -0.25) is 9.59 Å². The zero-order valence-corrected chi connectivity index (χ0v) is 13.9. The average Bonchev–Trinajstić information content (AvgIpc) is 3.21. The van der Waals surface area contributed by atoms with Gasteiger partial charge < -0.3 is 10.3 Å². The predicted octanol–water partition coefficient (Wildman–Crippen LogP) is 1.78. The van der Waals surface area contributed by atoms with E-state index in [1.807, 2.05) is 24.3 Å². The molecule has 8 nitrogen and oxygen atoms in total. The Morgan fingerprint density at radius 2 is 2.04 bits per heavy atom. The summed E-state index contributed by atoms with van der Waals surface area (Å²) in [6, 6.07) is 12.3. The molecule has 0 fully saturated rings. The van der Waals surface area contributed by atoms with Crippen LogP contribution in [0.3, 0.4) is 0 Å². The molecule has 2 aromatic carbocycles. The molecule has 2 aromatic heterocycles. The van der Waals surface area contributed by atoms with Crippen LogP contribution >= 0.6 is 0 Å². The lowest BCUT2D eigenvalue weighted by atomic mass is 10.1. The van der Waals surface area contributed by atoms with E-state index in [0.29, 0.717) is 16.7 Å². The van der Waals surface area contributed by atoms with Crippen molar-refractivity contribution in [2.45, 2.75) is 6.54 Å². The highest BCUT2D eigenvalue weighted by molar-refractivity contribution is 6.05. The van der Waals surface area contributed by atoms with Crippen LogP contribution in [0.2, 0.25) is 0 Å². The third-order valence-corrected chi connectivity index (χ3v) is 4.03. The van der Waals surface area contributed by atoms with Gasteiger partial charge in [0.15, 0.2) is 0 Å². The van der Waals surface area contributed by atoms with E-state index in [-0.39, 0.29) is 12.1 Å². The monoisotopic (exact) mass is 364 g/mol. The van der Waals surface area contributed by atoms with Crippen molar-refractivity contribution in [3.63, 3.8) is 0 Å². The second-order valence-corrected chi connectivity index (χ2v) is 5.86. The van der Waals surface area contributed by atoms with Crippen LogP contribution < -0.4 is 10.9 Å². The first-order valence-corrected chi connectivity index (χ1v) is 8.04. The van der Waals surface area contributed by atoms with Crippen molar-refractivity contribution in [3.05, 3.63) is 75.8 Å². The summed E-state index contributed by atoms with van der Waals surface area (Å²) >= 11 is 0. The van der Waals surface area contributed by atoms with Crippen molar-refractivity contribution >= 4 is 16.8 Å². The molecule has 0 aliphatic rings. The molecule has 1 amide bonds. The van der Waals surface area contributed by atoms with Gasteiger partial charge in [-0.15, -0.1) is 10.2 Å². The number of aromatic nitrogens is 5. The molecule has 0 saturated carbocycles. The van der Waals surface area contributed by atoms with Crippen LogP contribution in [0.15, 0.2) is 53.3 Å². The third-order valence-electron chi connectivity index (χ3n) is 4.03. The molecule has 0 bridgehead atoms. The molecular weight excluding hydrogens is 351 g/mol. The Balaban J connectivity index is 1.59. The van der Waals surface area contributed by atoms with E-state index in [4.69, 9.17) is 0 Å². The molecule has 0 atom stereocenters. The number of H-pyrrole nitrogens is 2. The maximum atomic E-state index is 13.6. The van der Waals surface area contributed by atoms with Crippen molar-refractivity contribution in [2.24, 2.45) is 0 Å². The fourth-order valence-electron chi connectivity index (χ4n) is 2.80. The lowest BCUT2D eigenvalue weighted by Gasteiger charge is -2.09. The maximum Gasteiger partial charge on any atom is 0.252 e. The van der Waals surface area contributed by atoms with Crippen LogP contribution in [0.25, 0.3) is 22.3 Å². The Morgan fingerprint density at radius 3 is 2.85 bits per heavy atom. The van der Waals surface area contributed by atoms with Gasteiger partial charge >= 0.3 is 0 Å². The standard InChI is InChI=1S/C18H13FN6O2/c19-12-4-5-15-13(7-12)14(8-16(26)21-15)18(27)20-9-10-2-1-3-11(6-10)17-22-24-25-23-17/h1-8H,9H2,(H,20,27)(H,21,26)(H,22,23,24,25). The first-order chi connectivity index (χ1) is 13.1. The Hall–Kier alpha value is -3.88. The molecule has 134 valence electrons. The topological polar surface area (TPSA) is 116 Å². The first kappa shape index (κ1) is 16.6. The lowest BCUT2D eigenvalue weighted by molar-refractivity contribution is 0.0952. The van der Waals surface area contributed by atoms with E-state index < -0.39 is 17.3 Å². The number of rotatable bonds is 4. The number of nitrogens with one attached hydrogen (secondary N) is 3. The summed E-state index contributed by atoms with van der Waals surface area (Å²) in [6.07, 6.45) is 0. The molecule has 2 heterocycles. The Bertz CT molecular complexity index is 1190. The number of hydrogen-bond donors (Lipinski definition) is 3. The number of carbonyl (C=O) groups is 1. The minimum absolute atomic E-state index is 0.113. The molecule has 0 aliphatic heterocycles. The van der Waals surface area contributed by atoms with Gasteiger partial charge in [-0.25, -0.2) is 4.39 Å². The van der Waals surface area contributed by atoms with Crippen LogP contribution in [-0.4, -0.2) is 31.5 Å². The van der Waals surface area contributed by atoms with Crippen molar-refractivity contribution in [2.75, 3.05) is 0 Å². The predicted molar refractivity (Wildman–Crippen MR) is 95.3 cm³/mol. The fourth-order valence-corrected chi connectivity index (χ4v) is 2.80. The van der Waals surface area contributed by atoms with Gasteiger partial charge in [0.1, 0.15) is 5.82 Å². The molecule has 0 aliphatic carbocycles. The highest BCUT2D eigenvalue weighted by atomic mass is 19.1. The largest absolute Gasteiger partial charge is 0.348 e. The number of pyridine rings is 1. The molecular formula is C18H13FN6O2. The van der Waals surface area contributed by atoms with Gasteiger partial charge in [-0.1, -0.05) is 18.2 Å². The van der Waals surface area contributed by atoms with Gasteiger partial charge in [-0.05, 0) is 35.0 Å². The first-order valence-electron chi connectivity index (χ1n) is 8.04. The Labute approximate surface area is 151 Å². The van der Waals surface area contributed by atoms with E-state index in [1.54, 1.807) is 0 Å². The number of halogens is 1. The molecule has 9 heteroatoms. The summed E-state index contributed by atoms with van der Waals surface area (Å²) in [4.78, 5) is 27.0. The number of nitrogens with zero attached hydrogens (tertiary/aromatic N) is 3. The summed E-state index contributed by atoms with van der Waals surface area (Å²) < 4.78 is 13.6. The molecule has 4 rings (SSSR count). The number of tetrazole rings is 1. The van der Waals surface area contributed by atoms with E-state index in [2.05, 4.69) is 30.9 Å². The molecule has 27 heavy (non-hydrogen) atoms. The highest BCUT2D eigenvalue weighted by Gasteiger charge is 2.13. The number of amides is 1. The second kappa shape index (κ2) is 6.79. The summed E-state index contributed by atoms with van der Waals surface area (Å²) in [6.45, 7) is 0.216. The molecule has 3 N–H and O–H groups in total. The number of aromatic amines is 2. The lowest BCUT2D eigenvalue weighted by Crippen LogP contribution is -2.24. The molecule has 0 unspecified atom stereocenters. The van der Waals surface area contributed by atoms with Crippen LogP contribution in [-0.2, 0) is 6.54 Å². The fraction of sp³-hybridized carbons (Fsp3) is 0.0556. The molecule has 0 spiro atoms. The average molecular weight is 364 g/mol. The summed E-state index contributed by atoms with van der Waals surface area (Å²) in [7, 11) is 0. The summed E-state index contributed by atoms with van der Waals surface area (Å²) in [5.74, 6) is -0.516. The van der Waals surface area contributed by atoms with Gasteiger partial charge in [0.05, 0.1) is 5.56 Å². The van der Waals surface area contributed by atoms with Crippen LogP contribution in [0.1, 0.15) is 15.9 Å². The number of fused-ring (bicyclic) bond motifs is 1. The van der Waals surface area contributed by atoms with Gasteiger partial charge in [-0.2, -0.15) is 5.21 Å².